The number of fused-ring (bicyclic) bond motifs is 1. The number of hydrogen-bond donors (Lipinski definition) is 2. The van der Waals surface area contributed by atoms with Crippen LogP contribution < -0.4 is 4.74 Å². The summed E-state index contributed by atoms with van der Waals surface area (Å²) in [5.41, 5.74) is 3.96. The van der Waals surface area contributed by atoms with Gasteiger partial charge in [-0.25, -0.2) is 8.78 Å². The fourth-order valence-corrected chi connectivity index (χ4v) is 4.29. The van der Waals surface area contributed by atoms with E-state index in [0.717, 1.165) is 33.7 Å². The Morgan fingerprint density at radius 3 is 2.54 bits per heavy atom. The fourth-order valence-electron chi connectivity index (χ4n) is 4.29. The number of aromatic nitrogens is 1. The van der Waals surface area contributed by atoms with Crippen molar-refractivity contribution in [1.82, 2.24) is 4.98 Å². The Hall–Kier alpha value is -4.11. The normalized spacial score (nSPS) is 12.6. The van der Waals surface area contributed by atoms with Crippen LogP contribution in [0, 0.1) is 30.4 Å². The van der Waals surface area contributed by atoms with E-state index in [1.54, 1.807) is 31.2 Å². The minimum absolute atomic E-state index is 0.0944. The van der Waals surface area contributed by atoms with Crippen LogP contribution in [0.3, 0.4) is 0 Å². The molecule has 2 atom stereocenters. The predicted molar refractivity (Wildman–Crippen MR) is 131 cm³/mol. The minimum Gasteiger partial charge on any atom is -0.485 e. The molecule has 1 aromatic heterocycles. The first-order valence-corrected chi connectivity index (χ1v) is 11.3. The van der Waals surface area contributed by atoms with Gasteiger partial charge < -0.3 is 14.8 Å². The summed E-state index contributed by atoms with van der Waals surface area (Å²) in [7, 11) is 0. The van der Waals surface area contributed by atoms with E-state index in [1.807, 2.05) is 31.3 Å². The quantitative estimate of drug-likeness (QED) is 0.280. The van der Waals surface area contributed by atoms with Gasteiger partial charge in [0.15, 0.2) is 0 Å². The molecule has 1 heterocycles. The topological polar surface area (TPSA) is 62.3 Å². The predicted octanol–water partition coefficient (Wildman–Crippen LogP) is 6.70. The number of halogens is 2. The summed E-state index contributed by atoms with van der Waals surface area (Å²) in [6.45, 7) is 3.66. The summed E-state index contributed by atoms with van der Waals surface area (Å²) in [5, 5.41) is 10.2. The monoisotopic (exact) mass is 473 g/mol. The van der Waals surface area contributed by atoms with Crippen LogP contribution >= 0.6 is 0 Å². The van der Waals surface area contributed by atoms with E-state index in [1.165, 1.54) is 12.1 Å². The molecule has 178 valence electrons. The Balaban J connectivity index is 1.67. The first-order chi connectivity index (χ1) is 16.9. The molecule has 2 unspecified atom stereocenters. The highest BCUT2D eigenvalue weighted by Crippen LogP contribution is 2.32. The Morgan fingerprint density at radius 2 is 1.86 bits per heavy atom. The molecule has 4 nitrogen and oxygen atoms in total. The zero-order valence-corrected chi connectivity index (χ0v) is 19.4. The van der Waals surface area contributed by atoms with Gasteiger partial charge in [-0.15, -0.1) is 5.92 Å². The van der Waals surface area contributed by atoms with Crippen molar-refractivity contribution in [2.75, 3.05) is 0 Å². The molecule has 0 aliphatic rings. The van der Waals surface area contributed by atoms with Gasteiger partial charge in [-0.2, -0.15) is 0 Å². The van der Waals surface area contributed by atoms with E-state index >= 15 is 0 Å². The van der Waals surface area contributed by atoms with Gasteiger partial charge in [0, 0.05) is 24.2 Å². The molecule has 2 N–H and O–H groups in total. The van der Waals surface area contributed by atoms with Crippen LogP contribution in [0.4, 0.5) is 8.78 Å². The highest BCUT2D eigenvalue weighted by molar-refractivity contribution is 5.83. The maximum Gasteiger partial charge on any atom is 0.304 e. The number of carbonyl (C=O) groups is 1. The zero-order chi connectivity index (χ0) is 24.9. The molecule has 0 amide bonds. The maximum absolute atomic E-state index is 14.5. The van der Waals surface area contributed by atoms with Gasteiger partial charge in [-0.1, -0.05) is 36.3 Å². The number of H-pyrrole nitrogens is 1. The lowest BCUT2D eigenvalue weighted by Crippen LogP contribution is -2.14. The molecule has 3 aromatic carbocycles. The van der Waals surface area contributed by atoms with Gasteiger partial charge >= 0.3 is 5.97 Å². The number of aliphatic carboxylic acids is 1. The third kappa shape index (κ3) is 5.52. The number of ether oxygens (including phenoxy) is 1. The van der Waals surface area contributed by atoms with E-state index in [0.29, 0.717) is 11.3 Å². The molecule has 0 spiro atoms. The largest absolute Gasteiger partial charge is 0.485 e. The van der Waals surface area contributed by atoms with Gasteiger partial charge in [0.1, 0.15) is 23.5 Å². The molecule has 4 rings (SSSR count). The number of aryl methyl sites for hydroxylation is 1. The number of aromatic amines is 1. The molecule has 0 fully saturated rings. The van der Waals surface area contributed by atoms with Gasteiger partial charge in [-0.05, 0) is 65.8 Å². The van der Waals surface area contributed by atoms with Crippen LogP contribution in [0.2, 0.25) is 0 Å². The summed E-state index contributed by atoms with van der Waals surface area (Å²) in [6.07, 6.45) is 1.42. The van der Waals surface area contributed by atoms with Crippen molar-refractivity contribution in [3.05, 3.63) is 101 Å². The lowest BCUT2D eigenvalue weighted by Gasteiger charge is -2.23. The third-order valence-electron chi connectivity index (χ3n) is 6.06. The Bertz CT molecular complexity index is 1410. The number of carboxylic acids is 1. The van der Waals surface area contributed by atoms with Crippen LogP contribution in [-0.4, -0.2) is 16.1 Å². The average Bonchev–Trinajstić information content (AvgIpc) is 3.30. The molecule has 0 radical (unpaired) electrons. The van der Waals surface area contributed by atoms with Crippen molar-refractivity contribution >= 4 is 16.9 Å². The van der Waals surface area contributed by atoms with E-state index < -0.39 is 29.6 Å². The van der Waals surface area contributed by atoms with Crippen molar-refractivity contribution in [3.8, 4) is 17.6 Å². The molecule has 0 aliphatic carbocycles. The second-order valence-corrected chi connectivity index (χ2v) is 8.38. The van der Waals surface area contributed by atoms with E-state index in [4.69, 9.17) is 4.74 Å². The summed E-state index contributed by atoms with van der Waals surface area (Å²) in [4.78, 5) is 14.4. The van der Waals surface area contributed by atoms with Gasteiger partial charge in [0.2, 0.25) is 0 Å². The van der Waals surface area contributed by atoms with Crippen molar-refractivity contribution in [2.24, 2.45) is 0 Å². The fraction of sp³-hybridized carbons (Fsp3) is 0.207. The minimum atomic E-state index is -0.922. The Kier molecular flexibility index (Phi) is 7.17. The standard InChI is InChI=1S/C29H25F2NO3/c1-3-4-21(16-28(33)34)19-6-10-24(11-7-19)35-27(15-22-5-9-23(30)17-26(22)31)25-12-8-20-13-14-32-29(20)18(25)2/h5-14,17,21,27,32H,15-16H2,1-2H3,(H,33,34). The van der Waals surface area contributed by atoms with Crippen molar-refractivity contribution in [1.29, 1.82) is 0 Å². The van der Waals surface area contributed by atoms with Crippen molar-refractivity contribution < 1.29 is 23.4 Å². The summed E-state index contributed by atoms with van der Waals surface area (Å²) < 4.78 is 34.3. The molecule has 4 aromatic rings. The van der Waals surface area contributed by atoms with E-state index in [9.17, 15) is 18.7 Å². The lowest BCUT2D eigenvalue weighted by atomic mass is 9.95. The van der Waals surface area contributed by atoms with E-state index in [-0.39, 0.29) is 12.8 Å². The summed E-state index contributed by atoms with van der Waals surface area (Å²) in [6, 6.07) is 16.6. The summed E-state index contributed by atoms with van der Waals surface area (Å²) in [5.74, 6) is 3.67. The first kappa shape index (κ1) is 24.0. The Morgan fingerprint density at radius 1 is 1.09 bits per heavy atom. The van der Waals surface area contributed by atoms with Gasteiger partial charge in [-0.3, -0.25) is 4.79 Å². The molecule has 0 bridgehead atoms. The number of nitrogens with one attached hydrogen (secondary N) is 1. The molecule has 0 aliphatic heterocycles. The molecule has 0 saturated carbocycles. The number of benzene rings is 3. The lowest BCUT2D eigenvalue weighted by molar-refractivity contribution is -0.137. The van der Waals surface area contributed by atoms with Crippen LogP contribution in [0.25, 0.3) is 10.9 Å². The van der Waals surface area contributed by atoms with Gasteiger partial charge in [0.25, 0.3) is 0 Å². The van der Waals surface area contributed by atoms with Crippen LogP contribution in [0.5, 0.6) is 5.75 Å². The SMILES string of the molecule is CC#CC(CC(=O)O)c1ccc(OC(Cc2ccc(F)cc2F)c2ccc3cc[nH]c3c2C)cc1. The molecule has 35 heavy (non-hydrogen) atoms. The van der Waals surface area contributed by atoms with Gasteiger partial charge in [0.05, 0.1) is 12.3 Å². The third-order valence-corrected chi connectivity index (χ3v) is 6.06. The number of carboxylic acid groups (broad SMARTS) is 1. The highest BCUT2D eigenvalue weighted by Gasteiger charge is 2.21. The second-order valence-electron chi connectivity index (χ2n) is 8.38. The number of rotatable bonds is 8. The average molecular weight is 474 g/mol. The van der Waals surface area contributed by atoms with Crippen molar-refractivity contribution in [2.45, 2.75) is 38.7 Å². The molecule has 6 heteroatoms. The van der Waals surface area contributed by atoms with Crippen LogP contribution in [0.15, 0.2) is 66.9 Å². The molecular weight excluding hydrogens is 448 g/mol. The zero-order valence-electron chi connectivity index (χ0n) is 19.4. The number of hydrogen-bond acceptors (Lipinski definition) is 2. The molecular formula is C29H25F2NO3. The Labute approximate surface area is 202 Å². The maximum atomic E-state index is 14.5. The van der Waals surface area contributed by atoms with Crippen LogP contribution in [-0.2, 0) is 11.2 Å². The smallest absolute Gasteiger partial charge is 0.304 e. The molecule has 0 saturated heterocycles. The summed E-state index contributed by atoms with van der Waals surface area (Å²) >= 11 is 0. The van der Waals surface area contributed by atoms with E-state index in [2.05, 4.69) is 16.8 Å². The first-order valence-electron chi connectivity index (χ1n) is 11.3. The van der Waals surface area contributed by atoms with Crippen LogP contribution in [0.1, 0.15) is 47.6 Å². The second kappa shape index (κ2) is 10.4. The highest BCUT2D eigenvalue weighted by atomic mass is 19.1. The van der Waals surface area contributed by atoms with Crippen molar-refractivity contribution in [3.63, 3.8) is 0 Å².